The minimum atomic E-state index is 0.333. The third-order valence-electron chi connectivity index (χ3n) is 3.51. The van der Waals surface area contributed by atoms with Crippen LogP contribution in [0.25, 0.3) is 0 Å². The topological polar surface area (TPSA) is 59.3 Å². The molecule has 4 nitrogen and oxygen atoms in total. The Morgan fingerprint density at radius 2 is 1.94 bits per heavy atom. The van der Waals surface area contributed by atoms with Gasteiger partial charge in [0.05, 0.1) is 13.2 Å². The zero-order valence-electron chi connectivity index (χ0n) is 10.4. The average molecular weight is 235 g/mol. The largest absolute Gasteiger partial charge is 0.497 e. The Kier molecular flexibility index (Phi) is 3.99. The highest BCUT2D eigenvalue weighted by atomic mass is 16.5. The molecule has 0 radical (unpaired) electrons. The first kappa shape index (κ1) is 12.4. The Morgan fingerprint density at radius 3 is 2.53 bits per heavy atom. The third-order valence-corrected chi connectivity index (χ3v) is 3.51. The SMILES string of the molecule is COc1ccc(C2NNC(C)C2CCN)cc1. The van der Waals surface area contributed by atoms with Crippen molar-refractivity contribution in [1.29, 1.82) is 0 Å². The van der Waals surface area contributed by atoms with Gasteiger partial charge in [-0.3, -0.25) is 5.43 Å². The lowest BCUT2D eigenvalue weighted by Crippen LogP contribution is -2.29. The van der Waals surface area contributed by atoms with Crippen LogP contribution in [0.2, 0.25) is 0 Å². The summed E-state index contributed by atoms with van der Waals surface area (Å²) in [7, 11) is 1.68. The number of rotatable bonds is 4. The molecule has 1 aromatic carbocycles. The zero-order chi connectivity index (χ0) is 12.3. The van der Waals surface area contributed by atoms with Crippen LogP contribution in [0.5, 0.6) is 5.75 Å². The standard InChI is InChI=1S/C13H21N3O/c1-9-12(7-8-14)13(16-15-9)10-3-5-11(17-2)6-4-10/h3-6,9,12-13,15-16H,7-8,14H2,1-2H3. The van der Waals surface area contributed by atoms with Crippen molar-refractivity contribution in [2.24, 2.45) is 11.7 Å². The highest BCUT2D eigenvalue weighted by Gasteiger charge is 2.33. The second-order valence-corrected chi connectivity index (χ2v) is 4.57. The summed E-state index contributed by atoms with van der Waals surface area (Å²) in [5.41, 5.74) is 13.6. The van der Waals surface area contributed by atoms with Crippen LogP contribution in [0.3, 0.4) is 0 Å². The number of hydrogen-bond donors (Lipinski definition) is 3. The molecule has 3 unspecified atom stereocenters. The maximum Gasteiger partial charge on any atom is 0.118 e. The number of nitrogens with two attached hydrogens (primary N) is 1. The molecule has 1 aliphatic heterocycles. The van der Waals surface area contributed by atoms with E-state index in [1.165, 1.54) is 5.56 Å². The summed E-state index contributed by atoms with van der Waals surface area (Å²) < 4.78 is 5.17. The monoisotopic (exact) mass is 235 g/mol. The normalized spacial score (nSPS) is 28.3. The first-order valence-corrected chi connectivity index (χ1v) is 6.11. The lowest BCUT2D eigenvalue weighted by Gasteiger charge is -2.20. The van der Waals surface area contributed by atoms with Gasteiger partial charge in [-0.05, 0) is 43.5 Å². The molecule has 1 aromatic rings. The highest BCUT2D eigenvalue weighted by molar-refractivity contribution is 5.30. The van der Waals surface area contributed by atoms with E-state index in [-0.39, 0.29) is 0 Å². The Hall–Kier alpha value is -1.10. The lowest BCUT2D eigenvalue weighted by molar-refractivity contribution is 0.405. The smallest absolute Gasteiger partial charge is 0.118 e. The van der Waals surface area contributed by atoms with Crippen molar-refractivity contribution in [2.75, 3.05) is 13.7 Å². The molecule has 0 aromatic heterocycles. The van der Waals surface area contributed by atoms with Crippen LogP contribution in [-0.2, 0) is 0 Å². The predicted octanol–water partition coefficient (Wildman–Crippen LogP) is 1.20. The van der Waals surface area contributed by atoms with Gasteiger partial charge in [0.1, 0.15) is 5.75 Å². The predicted molar refractivity (Wildman–Crippen MR) is 68.6 cm³/mol. The van der Waals surface area contributed by atoms with Crippen LogP contribution in [-0.4, -0.2) is 19.7 Å². The first-order chi connectivity index (χ1) is 8.26. The van der Waals surface area contributed by atoms with E-state index < -0.39 is 0 Å². The lowest BCUT2D eigenvalue weighted by atomic mass is 9.88. The van der Waals surface area contributed by atoms with Crippen LogP contribution in [0.4, 0.5) is 0 Å². The van der Waals surface area contributed by atoms with Crippen LogP contribution < -0.4 is 21.3 Å². The number of hydrazine groups is 1. The van der Waals surface area contributed by atoms with Crippen LogP contribution in [0.1, 0.15) is 24.9 Å². The maximum atomic E-state index is 5.68. The molecule has 0 bridgehead atoms. The molecule has 3 atom stereocenters. The quantitative estimate of drug-likeness (QED) is 0.734. The van der Waals surface area contributed by atoms with E-state index in [9.17, 15) is 0 Å². The Labute approximate surface area is 103 Å². The third kappa shape index (κ3) is 2.60. The van der Waals surface area contributed by atoms with Crippen molar-refractivity contribution >= 4 is 0 Å². The van der Waals surface area contributed by atoms with Crippen molar-refractivity contribution < 1.29 is 4.74 Å². The van der Waals surface area contributed by atoms with Gasteiger partial charge in [0.25, 0.3) is 0 Å². The first-order valence-electron chi connectivity index (χ1n) is 6.11. The van der Waals surface area contributed by atoms with Crippen molar-refractivity contribution in [3.05, 3.63) is 29.8 Å². The van der Waals surface area contributed by atoms with Gasteiger partial charge in [0.15, 0.2) is 0 Å². The highest BCUT2D eigenvalue weighted by Crippen LogP contribution is 2.31. The van der Waals surface area contributed by atoms with Gasteiger partial charge in [0.2, 0.25) is 0 Å². The van der Waals surface area contributed by atoms with Crippen molar-refractivity contribution in [1.82, 2.24) is 10.9 Å². The van der Waals surface area contributed by atoms with Gasteiger partial charge in [-0.1, -0.05) is 12.1 Å². The van der Waals surface area contributed by atoms with E-state index in [0.717, 1.165) is 18.7 Å². The van der Waals surface area contributed by atoms with Gasteiger partial charge in [0, 0.05) is 6.04 Å². The molecule has 4 heteroatoms. The second-order valence-electron chi connectivity index (χ2n) is 4.57. The average Bonchev–Trinajstić information content (AvgIpc) is 2.72. The molecule has 0 amide bonds. The van der Waals surface area contributed by atoms with Gasteiger partial charge in [-0.2, -0.15) is 0 Å². The zero-order valence-corrected chi connectivity index (χ0v) is 10.4. The van der Waals surface area contributed by atoms with Crippen LogP contribution in [0.15, 0.2) is 24.3 Å². The van der Waals surface area contributed by atoms with E-state index in [4.69, 9.17) is 10.5 Å². The van der Waals surface area contributed by atoms with Gasteiger partial charge in [-0.15, -0.1) is 0 Å². The van der Waals surface area contributed by atoms with Crippen LogP contribution in [0, 0.1) is 5.92 Å². The number of ether oxygens (including phenoxy) is 1. The Morgan fingerprint density at radius 1 is 1.24 bits per heavy atom. The minimum absolute atomic E-state index is 0.333. The molecule has 17 heavy (non-hydrogen) atoms. The summed E-state index contributed by atoms with van der Waals surface area (Å²) in [5, 5.41) is 0. The maximum absolute atomic E-state index is 5.68. The number of benzene rings is 1. The number of nitrogens with one attached hydrogen (secondary N) is 2. The van der Waals surface area contributed by atoms with Crippen molar-refractivity contribution in [2.45, 2.75) is 25.4 Å². The van der Waals surface area contributed by atoms with Crippen molar-refractivity contribution in [3.63, 3.8) is 0 Å². The fraction of sp³-hybridized carbons (Fsp3) is 0.538. The molecule has 1 fully saturated rings. The summed E-state index contributed by atoms with van der Waals surface area (Å²) in [6.07, 6.45) is 1.03. The number of hydrogen-bond acceptors (Lipinski definition) is 4. The molecular weight excluding hydrogens is 214 g/mol. The Balaban J connectivity index is 2.14. The van der Waals surface area contributed by atoms with E-state index in [1.54, 1.807) is 7.11 Å². The summed E-state index contributed by atoms with van der Waals surface area (Å²) in [6.45, 7) is 2.92. The van der Waals surface area contributed by atoms with Crippen LogP contribution >= 0.6 is 0 Å². The molecule has 2 rings (SSSR count). The molecule has 0 aliphatic carbocycles. The number of methoxy groups -OCH3 is 1. The fourth-order valence-corrected chi connectivity index (χ4v) is 2.47. The summed E-state index contributed by atoms with van der Waals surface area (Å²) in [5.74, 6) is 1.43. The minimum Gasteiger partial charge on any atom is -0.497 e. The summed E-state index contributed by atoms with van der Waals surface area (Å²) >= 11 is 0. The molecule has 1 saturated heterocycles. The Bertz CT molecular complexity index is 352. The van der Waals surface area contributed by atoms with E-state index >= 15 is 0 Å². The molecule has 1 aliphatic rings. The van der Waals surface area contributed by atoms with E-state index in [1.807, 2.05) is 12.1 Å². The molecule has 1 heterocycles. The van der Waals surface area contributed by atoms with Crippen molar-refractivity contribution in [3.8, 4) is 5.75 Å². The summed E-state index contributed by atoms with van der Waals surface area (Å²) in [4.78, 5) is 0. The molecule has 0 saturated carbocycles. The van der Waals surface area contributed by atoms with Gasteiger partial charge < -0.3 is 10.5 Å². The molecule has 0 spiro atoms. The van der Waals surface area contributed by atoms with E-state index in [2.05, 4.69) is 29.9 Å². The summed E-state index contributed by atoms with van der Waals surface area (Å²) in [6, 6.07) is 9.00. The molecule has 94 valence electrons. The molecular formula is C13H21N3O. The fourth-order valence-electron chi connectivity index (χ4n) is 2.47. The molecule has 4 N–H and O–H groups in total. The van der Waals surface area contributed by atoms with Gasteiger partial charge >= 0.3 is 0 Å². The van der Waals surface area contributed by atoms with E-state index in [0.29, 0.717) is 18.0 Å². The van der Waals surface area contributed by atoms with Gasteiger partial charge in [-0.25, -0.2) is 5.43 Å². The second kappa shape index (κ2) is 5.49.